The van der Waals surface area contributed by atoms with E-state index in [1.807, 2.05) is 0 Å². The number of hydrogen-bond acceptors (Lipinski definition) is 6. The number of pyridine rings is 1. The van der Waals surface area contributed by atoms with Crippen LogP contribution in [0.2, 0.25) is 0 Å². The average molecular weight is 417 g/mol. The summed E-state index contributed by atoms with van der Waals surface area (Å²) >= 11 is 0. The van der Waals surface area contributed by atoms with E-state index in [0.29, 0.717) is 22.5 Å². The first-order chi connectivity index (χ1) is 15.1. The largest absolute Gasteiger partial charge is 0.493 e. The van der Waals surface area contributed by atoms with Crippen LogP contribution in [0, 0.1) is 11.3 Å². The van der Waals surface area contributed by atoms with Crippen molar-refractivity contribution >= 4 is 5.91 Å². The highest BCUT2D eigenvalue weighted by atomic mass is 16.5. The fraction of sp³-hybridized carbons (Fsp3) is 0.304. The van der Waals surface area contributed by atoms with Gasteiger partial charge in [-0.05, 0) is 55.5 Å². The summed E-state index contributed by atoms with van der Waals surface area (Å²) in [7, 11) is 1.72. The number of aromatic nitrogens is 3. The van der Waals surface area contributed by atoms with Gasteiger partial charge in [0.15, 0.2) is 5.82 Å². The number of ether oxygens (including phenoxy) is 1. The Morgan fingerprint density at radius 2 is 1.90 bits per heavy atom. The second-order valence-corrected chi connectivity index (χ2v) is 7.57. The van der Waals surface area contributed by atoms with E-state index in [-0.39, 0.29) is 23.9 Å². The van der Waals surface area contributed by atoms with E-state index in [9.17, 15) is 9.90 Å². The van der Waals surface area contributed by atoms with Gasteiger partial charge in [0.25, 0.3) is 5.91 Å². The number of amides is 1. The third kappa shape index (κ3) is 4.42. The number of aromatic hydroxyl groups is 1. The third-order valence-corrected chi connectivity index (χ3v) is 5.64. The zero-order chi connectivity index (χ0) is 21.8. The number of methoxy groups -OCH3 is 1. The van der Waals surface area contributed by atoms with Crippen molar-refractivity contribution < 1.29 is 14.6 Å². The normalized spacial score (nSPS) is 18.3. The van der Waals surface area contributed by atoms with Crippen LogP contribution in [-0.4, -0.2) is 45.0 Å². The van der Waals surface area contributed by atoms with Gasteiger partial charge < -0.3 is 15.2 Å². The van der Waals surface area contributed by atoms with Crippen LogP contribution in [0.1, 0.15) is 41.6 Å². The summed E-state index contributed by atoms with van der Waals surface area (Å²) in [4.78, 5) is 16.8. The van der Waals surface area contributed by atoms with Crippen molar-refractivity contribution in [1.82, 2.24) is 20.1 Å². The first kappa shape index (κ1) is 20.6. The van der Waals surface area contributed by atoms with Crippen LogP contribution in [-0.2, 0) is 4.74 Å². The predicted molar refractivity (Wildman–Crippen MR) is 114 cm³/mol. The van der Waals surface area contributed by atoms with E-state index in [4.69, 9.17) is 10.00 Å². The fourth-order valence-corrected chi connectivity index (χ4v) is 3.79. The maximum atomic E-state index is 12.5. The van der Waals surface area contributed by atoms with Gasteiger partial charge in [-0.3, -0.25) is 4.79 Å². The molecule has 8 nitrogen and oxygen atoms in total. The van der Waals surface area contributed by atoms with Crippen molar-refractivity contribution in [2.24, 2.45) is 0 Å². The molecule has 31 heavy (non-hydrogen) atoms. The van der Waals surface area contributed by atoms with Gasteiger partial charge in [0.2, 0.25) is 5.88 Å². The van der Waals surface area contributed by atoms with Gasteiger partial charge >= 0.3 is 0 Å². The smallest absolute Gasteiger partial charge is 0.253 e. The van der Waals surface area contributed by atoms with Gasteiger partial charge in [0.05, 0.1) is 35.1 Å². The first-order valence-corrected chi connectivity index (χ1v) is 10.2. The quantitative estimate of drug-likeness (QED) is 0.659. The topological polar surface area (TPSA) is 113 Å². The Hall–Kier alpha value is -3.70. The summed E-state index contributed by atoms with van der Waals surface area (Å²) in [5.41, 5.74) is 2.26. The lowest BCUT2D eigenvalue weighted by molar-refractivity contribution is 0.0599. The molecule has 2 aromatic heterocycles. The maximum absolute atomic E-state index is 12.5. The minimum absolute atomic E-state index is 0.0655. The molecule has 0 unspecified atom stereocenters. The molecule has 4 rings (SSSR count). The van der Waals surface area contributed by atoms with E-state index < -0.39 is 0 Å². The molecule has 1 saturated carbocycles. The SMILES string of the molecule is COC1CCC(NC(=O)c2ccc(-n3ncc(-c4ccc(C#N)cc4)c3O)nc2)CC1. The number of nitriles is 1. The van der Waals surface area contributed by atoms with Crippen molar-refractivity contribution in [3.8, 4) is 28.9 Å². The summed E-state index contributed by atoms with van der Waals surface area (Å²) < 4.78 is 6.68. The maximum Gasteiger partial charge on any atom is 0.253 e. The van der Waals surface area contributed by atoms with E-state index in [1.165, 1.54) is 17.1 Å². The highest BCUT2D eigenvalue weighted by Crippen LogP contribution is 2.30. The van der Waals surface area contributed by atoms with Crippen molar-refractivity contribution in [3.63, 3.8) is 0 Å². The molecule has 0 aliphatic heterocycles. The standard InChI is InChI=1S/C23H23N5O3/c1-31-19-9-7-18(8-10-19)27-22(29)17-6-11-21(25-13-17)28-23(30)20(14-26-28)16-4-2-15(12-24)3-5-16/h2-6,11,13-14,18-19,30H,7-10H2,1H3,(H,27,29). The van der Waals surface area contributed by atoms with Crippen LogP contribution in [0.5, 0.6) is 5.88 Å². The molecule has 2 N–H and O–H groups in total. The van der Waals surface area contributed by atoms with Crippen LogP contribution < -0.4 is 5.32 Å². The monoisotopic (exact) mass is 417 g/mol. The number of benzene rings is 1. The molecule has 0 saturated heterocycles. The average Bonchev–Trinajstić information content (AvgIpc) is 3.21. The third-order valence-electron chi connectivity index (χ3n) is 5.64. The minimum Gasteiger partial charge on any atom is -0.493 e. The number of nitrogens with zero attached hydrogens (tertiary/aromatic N) is 4. The summed E-state index contributed by atoms with van der Waals surface area (Å²) in [6.45, 7) is 0. The minimum atomic E-state index is -0.164. The molecule has 158 valence electrons. The van der Waals surface area contributed by atoms with Gasteiger partial charge in [0.1, 0.15) is 0 Å². The van der Waals surface area contributed by atoms with Crippen LogP contribution in [0.3, 0.4) is 0 Å². The lowest BCUT2D eigenvalue weighted by Crippen LogP contribution is -2.38. The Balaban J connectivity index is 1.45. The number of rotatable bonds is 5. The van der Waals surface area contributed by atoms with Crippen LogP contribution in [0.4, 0.5) is 0 Å². The Labute approximate surface area is 180 Å². The van der Waals surface area contributed by atoms with Gasteiger partial charge in [-0.1, -0.05) is 12.1 Å². The highest BCUT2D eigenvalue weighted by Gasteiger charge is 2.22. The molecule has 1 aromatic carbocycles. The van der Waals surface area contributed by atoms with E-state index in [0.717, 1.165) is 31.2 Å². The molecule has 3 aromatic rings. The number of nitrogens with one attached hydrogen (secondary N) is 1. The zero-order valence-corrected chi connectivity index (χ0v) is 17.2. The Morgan fingerprint density at radius 3 is 2.52 bits per heavy atom. The summed E-state index contributed by atoms with van der Waals surface area (Å²) in [5.74, 6) is 0.168. The Kier molecular flexibility index (Phi) is 5.96. The molecule has 1 fully saturated rings. The Morgan fingerprint density at radius 1 is 1.16 bits per heavy atom. The number of carbonyl (C=O) groups is 1. The van der Waals surface area contributed by atoms with Crippen molar-refractivity contribution in [1.29, 1.82) is 5.26 Å². The predicted octanol–water partition coefficient (Wildman–Crippen LogP) is 3.20. The van der Waals surface area contributed by atoms with Crippen molar-refractivity contribution in [2.75, 3.05) is 7.11 Å². The second-order valence-electron chi connectivity index (χ2n) is 7.57. The molecule has 0 spiro atoms. The molecule has 2 heterocycles. The molecule has 8 heteroatoms. The van der Waals surface area contributed by atoms with Crippen molar-refractivity contribution in [2.45, 2.75) is 37.8 Å². The fourth-order valence-electron chi connectivity index (χ4n) is 3.79. The van der Waals surface area contributed by atoms with E-state index in [1.54, 1.807) is 43.5 Å². The van der Waals surface area contributed by atoms with Gasteiger partial charge in [-0.2, -0.15) is 15.0 Å². The lowest BCUT2D eigenvalue weighted by Gasteiger charge is -2.28. The first-order valence-electron chi connectivity index (χ1n) is 10.2. The van der Waals surface area contributed by atoms with Gasteiger partial charge in [-0.25, -0.2) is 4.98 Å². The summed E-state index contributed by atoms with van der Waals surface area (Å²) in [6, 6.07) is 12.4. The molecular weight excluding hydrogens is 394 g/mol. The summed E-state index contributed by atoms with van der Waals surface area (Å²) in [5, 5.41) is 26.8. The van der Waals surface area contributed by atoms with Crippen LogP contribution >= 0.6 is 0 Å². The lowest BCUT2D eigenvalue weighted by atomic mass is 9.93. The molecular formula is C23H23N5O3. The second kappa shape index (κ2) is 8.98. The van der Waals surface area contributed by atoms with Crippen LogP contribution in [0.15, 0.2) is 48.8 Å². The van der Waals surface area contributed by atoms with Gasteiger partial charge in [-0.15, -0.1) is 0 Å². The van der Waals surface area contributed by atoms with Crippen molar-refractivity contribution in [3.05, 3.63) is 59.9 Å². The molecule has 1 aliphatic rings. The van der Waals surface area contributed by atoms with E-state index in [2.05, 4.69) is 21.5 Å². The molecule has 1 aliphatic carbocycles. The molecule has 0 bridgehead atoms. The number of hydrogen-bond donors (Lipinski definition) is 2. The highest BCUT2D eigenvalue weighted by molar-refractivity contribution is 5.94. The molecule has 0 atom stereocenters. The van der Waals surface area contributed by atoms with Gasteiger partial charge in [0, 0.05) is 19.3 Å². The Bertz CT molecular complexity index is 1090. The molecule has 0 radical (unpaired) electrons. The number of carbonyl (C=O) groups excluding carboxylic acids is 1. The zero-order valence-electron chi connectivity index (χ0n) is 17.2. The molecule has 1 amide bonds. The van der Waals surface area contributed by atoms with Crippen LogP contribution in [0.25, 0.3) is 16.9 Å². The summed E-state index contributed by atoms with van der Waals surface area (Å²) in [6.07, 6.45) is 6.98. The van der Waals surface area contributed by atoms with E-state index >= 15 is 0 Å².